The molecule has 27 heavy (non-hydrogen) atoms. The second-order valence-corrected chi connectivity index (χ2v) is 8.26. The van der Waals surface area contributed by atoms with E-state index in [1.54, 1.807) is 12.1 Å². The van der Waals surface area contributed by atoms with Crippen molar-refractivity contribution in [3.63, 3.8) is 0 Å². The first-order chi connectivity index (χ1) is 13.0. The summed E-state index contributed by atoms with van der Waals surface area (Å²) in [6.07, 6.45) is 1.52. The monoisotopic (exact) mass is 403 g/mol. The quantitative estimate of drug-likeness (QED) is 0.649. The molecule has 0 spiro atoms. The molecule has 0 saturated carbocycles. The van der Waals surface area contributed by atoms with Gasteiger partial charge in [0, 0.05) is 29.7 Å². The molecule has 140 valence electrons. The van der Waals surface area contributed by atoms with Crippen molar-refractivity contribution in [1.82, 2.24) is 4.98 Å². The van der Waals surface area contributed by atoms with Crippen LogP contribution in [0.2, 0.25) is 5.02 Å². The van der Waals surface area contributed by atoms with Crippen molar-refractivity contribution in [2.75, 3.05) is 23.3 Å². The summed E-state index contributed by atoms with van der Waals surface area (Å²) < 4.78 is 14.2. The molecule has 1 saturated heterocycles. The van der Waals surface area contributed by atoms with Gasteiger partial charge >= 0.3 is 0 Å². The molecular formula is C20H19ClFN3OS. The number of carbonyl (C=O) groups excluding carboxylic acids is 1. The standard InChI is InChI=1S/C20H19ClFN3OS/c1-12-2-3-14(21)10-17(12)23-19(26)13-6-8-25(9-7-13)20-24-16-5-4-15(22)11-18(16)27-20/h2-5,10-11,13H,6-9H2,1H3,(H,23,26). The first kappa shape index (κ1) is 18.2. The molecule has 1 aliphatic rings. The van der Waals surface area contributed by atoms with E-state index in [2.05, 4.69) is 15.2 Å². The molecule has 1 fully saturated rings. The molecule has 0 atom stereocenters. The van der Waals surface area contributed by atoms with Crippen molar-refractivity contribution < 1.29 is 9.18 Å². The van der Waals surface area contributed by atoms with Gasteiger partial charge in [-0.15, -0.1) is 0 Å². The Kier molecular flexibility index (Phi) is 5.02. The van der Waals surface area contributed by atoms with Gasteiger partial charge in [-0.3, -0.25) is 4.79 Å². The fourth-order valence-electron chi connectivity index (χ4n) is 3.32. The number of aromatic nitrogens is 1. The number of aryl methyl sites for hydroxylation is 1. The first-order valence-corrected chi connectivity index (χ1v) is 10.1. The number of carbonyl (C=O) groups is 1. The Hall–Kier alpha value is -2.18. The smallest absolute Gasteiger partial charge is 0.227 e. The molecule has 2 heterocycles. The fourth-order valence-corrected chi connectivity index (χ4v) is 4.53. The molecule has 1 N–H and O–H groups in total. The molecule has 0 bridgehead atoms. The van der Waals surface area contributed by atoms with E-state index in [1.807, 2.05) is 19.1 Å². The van der Waals surface area contributed by atoms with E-state index in [0.717, 1.165) is 52.5 Å². The molecule has 7 heteroatoms. The Balaban J connectivity index is 1.40. The van der Waals surface area contributed by atoms with Gasteiger partial charge in [-0.1, -0.05) is 29.0 Å². The van der Waals surface area contributed by atoms with Crippen LogP contribution in [0.15, 0.2) is 36.4 Å². The molecule has 1 aliphatic heterocycles. The first-order valence-electron chi connectivity index (χ1n) is 8.87. The number of thiazole rings is 1. The maximum Gasteiger partial charge on any atom is 0.227 e. The van der Waals surface area contributed by atoms with Crippen molar-refractivity contribution >= 4 is 49.9 Å². The van der Waals surface area contributed by atoms with E-state index in [9.17, 15) is 9.18 Å². The van der Waals surface area contributed by atoms with Crippen LogP contribution in [0.25, 0.3) is 10.2 Å². The third-order valence-electron chi connectivity index (χ3n) is 4.93. The summed E-state index contributed by atoms with van der Waals surface area (Å²) in [6.45, 7) is 3.47. The van der Waals surface area contributed by atoms with E-state index < -0.39 is 0 Å². The topological polar surface area (TPSA) is 45.2 Å². The van der Waals surface area contributed by atoms with Crippen molar-refractivity contribution in [3.8, 4) is 0 Å². The lowest BCUT2D eigenvalue weighted by Gasteiger charge is -2.31. The number of hydrogen-bond acceptors (Lipinski definition) is 4. The highest BCUT2D eigenvalue weighted by molar-refractivity contribution is 7.22. The Bertz CT molecular complexity index is 998. The van der Waals surface area contributed by atoms with Crippen LogP contribution in [0, 0.1) is 18.7 Å². The number of fused-ring (bicyclic) bond motifs is 1. The average molecular weight is 404 g/mol. The van der Waals surface area contributed by atoms with E-state index >= 15 is 0 Å². The van der Waals surface area contributed by atoms with Gasteiger partial charge in [0.2, 0.25) is 5.91 Å². The Morgan fingerprint density at radius 2 is 2.04 bits per heavy atom. The minimum absolute atomic E-state index is 0.0337. The molecule has 0 radical (unpaired) electrons. The summed E-state index contributed by atoms with van der Waals surface area (Å²) in [4.78, 5) is 19.4. The molecule has 1 amide bonds. The number of piperidine rings is 1. The molecule has 0 unspecified atom stereocenters. The zero-order valence-corrected chi connectivity index (χ0v) is 16.4. The van der Waals surface area contributed by atoms with Crippen LogP contribution in [-0.4, -0.2) is 24.0 Å². The lowest BCUT2D eigenvalue weighted by Crippen LogP contribution is -2.38. The number of benzene rings is 2. The Morgan fingerprint density at radius 3 is 2.81 bits per heavy atom. The van der Waals surface area contributed by atoms with Crippen molar-refractivity contribution in [3.05, 3.63) is 52.8 Å². The average Bonchev–Trinajstić information content (AvgIpc) is 3.08. The maximum absolute atomic E-state index is 13.4. The summed E-state index contributed by atoms with van der Waals surface area (Å²) in [6, 6.07) is 10.2. The van der Waals surface area contributed by atoms with Gasteiger partial charge in [0.25, 0.3) is 0 Å². The van der Waals surface area contributed by atoms with Gasteiger partial charge in [-0.05, 0) is 55.7 Å². The van der Waals surface area contributed by atoms with E-state index in [1.165, 1.54) is 23.5 Å². The van der Waals surface area contributed by atoms with Crippen LogP contribution in [0.3, 0.4) is 0 Å². The second-order valence-electron chi connectivity index (χ2n) is 6.82. The van der Waals surface area contributed by atoms with Crippen LogP contribution >= 0.6 is 22.9 Å². The third-order valence-corrected chi connectivity index (χ3v) is 6.25. The molecule has 0 aliphatic carbocycles. The number of nitrogens with zero attached hydrogens (tertiary/aromatic N) is 2. The molecule has 4 nitrogen and oxygen atoms in total. The number of anilines is 2. The lowest BCUT2D eigenvalue weighted by atomic mass is 9.96. The summed E-state index contributed by atoms with van der Waals surface area (Å²) in [7, 11) is 0. The van der Waals surface area contributed by atoms with Crippen molar-refractivity contribution in [1.29, 1.82) is 0 Å². The van der Waals surface area contributed by atoms with Crippen molar-refractivity contribution in [2.45, 2.75) is 19.8 Å². The van der Waals surface area contributed by atoms with Gasteiger partial charge in [0.1, 0.15) is 5.82 Å². The van der Waals surface area contributed by atoms with E-state index in [0.29, 0.717) is 5.02 Å². The van der Waals surface area contributed by atoms with Crippen LogP contribution in [0.4, 0.5) is 15.2 Å². The lowest BCUT2D eigenvalue weighted by molar-refractivity contribution is -0.120. The molecule has 1 aromatic heterocycles. The Labute approximate surface area is 166 Å². The minimum atomic E-state index is -0.246. The number of nitrogens with one attached hydrogen (secondary N) is 1. The number of rotatable bonds is 3. The number of halogens is 2. The predicted octanol–water partition coefficient (Wildman–Crippen LogP) is 5.25. The normalized spacial score (nSPS) is 15.3. The Morgan fingerprint density at radius 1 is 1.26 bits per heavy atom. The highest BCUT2D eigenvalue weighted by Gasteiger charge is 2.26. The highest BCUT2D eigenvalue weighted by atomic mass is 35.5. The number of hydrogen-bond donors (Lipinski definition) is 1. The fraction of sp³-hybridized carbons (Fsp3) is 0.300. The summed E-state index contributed by atoms with van der Waals surface area (Å²) in [5.41, 5.74) is 2.57. The van der Waals surface area contributed by atoms with Crippen LogP contribution in [0.5, 0.6) is 0 Å². The highest BCUT2D eigenvalue weighted by Crippen LogP contribution is 2.32. The molecule has 4 rings (SSSR count). The third kappa shape index (κ3) is 3.92. The van der Waals surface area contributed by atoms with Gasteiger partial charge in [0.15, 0.2) is 5.13 Å². The van der Waals surface area contributed by atoms with Crippen LogP contribution < -0.4 is 10.2 Å². The number of amides is 1. The molecule has 3 aromatic rings. The van der Waals surface area contributed by atoms with E-state index in [4.69, 9.17) is 11.6 Å². The molecular weight excluding hydrogens is 385 g/mol. The van der Waals surface area contributed by atoms with Gasteiger partial charge in [-0.25, -0.2) is 9.37 Å². The summed E-state index contributed by atoms with van der Waals surface area (Å²) in [5.74, 6) is -0.248. The maximum atomic E-state index is 13.4. The zero-order valence-electron chi connectivity index (χ0n) is 14.8. The van der Waals surface area contributed by atoms with Gasteiger partial charge in [-0.2, -0.15) is 0 Å². The zero-order chi connectivity index (χ0) is 19.0. The van der Waals surface area contributed by atoms with Crippen LogP contribution in [0.1, 0.15) is 18.4 Å². The van der Waals surface area contributed by atoms with Crippen LogP contribution in [-0.2, 0) is 4.79 Å². The SMILES string of the molecule is Cc1ccc(Cl)cc1NC(=O)C1CCN(c2nc3ccc(F)cc3s2)CC1. The molecule has 2 aromatic carbocycles. The van der Waals surface area contributed by atoms with Crippen molar-refractivity contribution in [2.24, 2.45) is 5.92 Å². The summed E-state index contributed by atoms with van der Waals surface area (Å²) in [5, 5.41) is 4.50. The predicted molar refractivity (Wildman–Crippen MR) is 109 cm³/mol. The second kappa shape index (κ2) is 7.44. The van der Waals surface area contributed by atoms with E-state index in [-0.39, 0.29) is 17.6 Å². The largest absolute Gasteiger partial charge is 0.348 e. The minimum Gasteiger partial charge on any atom is -0.348 e. The summed E-state index contributed by atoms with van der Waals surface area (Å²) >= 11 is 7.52. The van der Waals surface area contributed by atoms with Gasteiger partial charge < -0.3 is 10.2 Å². The van der Waals surface area contributed by atoms with Gasteiger partial charge in [0.05, 0.1) is 10.2 Å².